The highest BCUT2D eigenvalue weighted by Gasteiger charge is 2.28. The van der Waals surface area contributed by atoms with Crippen molar-refractivity contribution in [2.24, 2.45) is 0 Å². The number of carbonyl (C=O) groups is 1. The van der Waals surface area contributed by atoms with Crippen molar-refractivity contribution in [2.45, 2.75) is 20.0 Å². The van der Waals surface area contributed by atoms with Gasteiger partial charge >= 0.3 is 5.97 Å². The third-order valence-corrected chi connectivity index (χ3v) is 7.01. The standard InChI is InChI=1S/C24H26Br2N2O4/c1-3-31-24(29)21-19(32-18-13-17(25)23(30-2)22(26)20(18)21)15-28-11-9-27(10-12-28)14-16-7-5-4-6-8-16/h4-8,13H,3,9-12,14-15H2,1-2H3. The number of hydrogen-bond donors (Lipinski definition) is 0. The zero-order chi connectivity index (χ0) is 22.7. The fourth-order valence-corrected chi connectivity index (χ4v) is 5.69. The first-order valence-electron chi connectivity index (χ1n) is 10.6. The van der Waals surface area contributed by atoms with E-state index in [1.807, 2.05) is 12.1 Å². The van der Waals surface area contributed by atoms with Crippen LogP contribution in [-0.4, -0.2) is 55.7 Å². The van der Waals surface area contributed by atoms with E-state index in [9.17, 15) is 4.79 Å². The molecule has 3 aromatic rings. The van der Waals surface area contributed by atoms with Gasteiger partial charge in [-0.1, -0.05) is 30.3 Å². The van der Waals surface area contributed by atoms with Crippen molar-refractivity contribution in [3.8, 4) is 5.75 Å². The summed E-state index contributed by atoms with van der Waals surface area (Å²) >= 11 is 7.11. The van der Waals surface area contributed by atoms with Gasteiger partial charge in [-0.2, -0.15) is 0 Å². The van der Waals surface area contributed by atoms with Gasteiger partial charge in [0, 0.05) is 32.7 Å². The molecule has 1 aromatic heterocycles. The second kappa shape index (κ2) is 10.4. The SMILES string of the molecule is CCOC(=O)c1c(CN2CCN(Cc3ccccc3)CC2)oc2cc(Br)c(OC)c(Br)c12. The molecule has 32 heavy (non-hydrogen) atoms. The molecule has 0 unspecified atom stereocenters. The Balaban J connectivity index is 1.55. The average Bonchev–Trinajstić information content (AvgIpc) is 3.14. The van der Waals surface area contributed by atoms with Crippen molar-refractivity contribution in [2.75, 3.05) is 39.9 Å². The molecule has 170 valence electrons. The Bertz CT molecular complexity index is 1090. The number of halogens is 2. The fraction of sp³-hybridized carbons (Fsp3) is 0.375. The maximum Gasteiger partial charge on any atom is 0.342 e. The number of rotatable bonds is 7. The normalized spacial score (nSPS) is 15.2. The minimum Gasteiger partial charge on any atom is -0.494 e. The molecule has 2 heterocycles. The van der Waals surface area contributed by atoms with Crippen molar-refractivity contribution in [1.82, 2.24) is 9.80 Å². The van der Waals surface area contributed by atoms with Crippen LogP contribution in [-0.2, 0) is 17.8 Å². The predicted molar refractivity (Wildman–Crippen MR) is 131 cm³/mol. The fourth-order valence-electron chi connectivity index (χ4n) is 4.08. The molecule has 0 aliphatic carbocycles. The topological polar surface area (TPSA) is 55.2 Å². The Morgan fingerprint density at radius 3 is 2.34 bits per heavy atom. The van der Waals surface area contributed by atoms with E-state index < -0.39 is 0 Å². The molecule has 1 fully saturated rings. The van der Waals surface area contributed by atoms with Gasteiger partial charge in [0.15, 0.2) is 0 Å². The minimum atomic E-state index is -0.381. The minimum absolute atomic E-state index is 0.300. The van der Waals surface area contributed by atoms with E-state index in [0.29, 0.717) is 45.7 Å². The first-order valence-corrected chi connectivity index (χ1v) is 12.2. The summed E-state index contributed by atoms with van der Waals surface area (Å²) in [5.41, 5.74) is 2.41. The maximum absolute atomic E-state index is 12.9. The number of hydrogen-bond acceptors (Lipinski definition) is 6. The van der Waals surface area contributed by atoms with E-state index in [1.165, 1.54) is 5.56 Å². The Kier molecular flexibility index (Phi) is 7.55. The quantitative estimate of drug-likeness (QED) is 0.355. The van der Waals surface area contributed by atoms with Gasteiger partial charge in [-0.25, -0.2) is 4.79 Å². The Labute approximate surface area is 204 Å². The molecule has 4 rings (SSSR count). The van der Waals surface area contributed by atoms with Crippen LogP contribution in [0.5, 0.6) is 5.75 Å². The molecule has 0 radical (unpaired) electrons. The molecular weight excluding hydrogens is 540 g/mol. The van der Waals surface area contributed by atoms with Gasteiger partial charge < -0.3 is 13.9 Å². The lowest BCUT2D eigenvalue weighted by molar-refractivity contribution is 0.0522. The van der Waals surface area contributed by atoms with Crippen LogP contribution in [0, 0.1) is 0 Å². The van der Waals surface area contributed by atoms with Crippen LogP contribution in [0.25, 0.3) is 11.0 Å². The van der Waals surface area contributed by atoms with Crippen LogP contribution in [0.15, 0.2) is 49.8 Å². The third-order valence-electron chi connectivity index (χ3n) is 5.67. The summed E-state index contributed by atoms with van der Waals surface area (Å²) in [6, 6.07) is 12.4. The Morgan fingerprint density at radius 2 is 1.72 bits per heavy atom. The summed E-state index contributed by atoms with van der Waals surface area (Å²) in [7, 11) is 1.59. The van der Waals surface area contributed by atoms with Crippen molar-refractivity contribution < 1.29 is 18.7 Å². The van der Waals surface area contributed by atoms with Crippen LogP contribution in [0.2, 0.25) is 0 Å². The summed E-state index contributed by atoms with van der Waals surface area (Å²) in [4.78, 5) is 17.7. The number of piperazine rings is 1. The number of ether oxygens (including phenoxy) is 2. The van der Waals surface area contributed by atoms with Crippen molar-refractivity contribution in [3.05, 3.63) is 62.2 Å². The molecule has 1 saturated heterocycles. The van der Waals surface area contributed by atoms with E-state index in [0.717, 1.165) is 37.2 Å². The molecule has 1 aliphatic heterocycles. The second-order valence-electron chi connectivity index (χ2n) is 7.74. The lowest BCUT2D eigenvalue weighted by atomic mass is 10.1. The van der Waals surface area contributed by atoms with E-state index in [-0.39, 0.29) is 5.97 Å². The molecule has 0 spiro atoms. The predicted octanol–water partition coefficient (Wildman–Crippen LogP) is 5.46. The van der Waals surface area contributed by atoms with Crippen molar-refractivity contribution >= 4 is 48.8 Å². The van der Waals surface area contributed by atoms with Crippen molar-refractivity contribution in [3.63, 3.8) is 0 Å². The van der Waals surface area contributed by atoms with Crippen LogP contribution < -0.4 is 4.74 Å². The maximum atomic E-state index is 12.9. The van der Waals surface area contributed by atoms with E-state index in [4.69, 9.17) is 13.9 Å². The zero-order valence-electron chi connectivity index (χ0n) is 18.2. The van der Waals surface area contributed by atoms with Gasteiger partial charge in [0.05, 0.1) is 34.6 Å². The lowest BCUT2D eigenvalue weighted by Gasteiger charge is -2.34. The van der Waals surface area contributed by atoms with E-state index >= 15 is 0 Å². The highest BCUT2D eigenvalue weighted by Crippen LogP contribution is 2.43. The second-order valence-corrected chi connectivity index (χ2v) is 9.38. The molecule has 0 atom stereocenters. The van der Waals surface area contributed by atoms with Gasteiger partial charge in [0.2, 0.25) is 0 Å². The molecule has 0 bridgehead atoms. The summed E-state index contributed by atoms with van der Waals surface area (Å²) < 4.78 is 18.5. The monoisotopic (exact) mass is 564 g/mol. The summed E-state index contributed by atoms with van der Waals surface area (Å²) in [5.74, 6) is 0.856. The van der Waals surface area contributed by atoms with Gasteiger partial charge in [0.25, 0.3) is 0 Å². The average molecular weight is 566 g/mol. The van der Waals surface area contributed by atoms with Crippen molar-refractivity contribution in [1.29, 1.82) is 0 Å². The molecule has 0 N–H and O–H groups in total. The van der Waals surface area contributed by atoms with Gasteiger partial charge in [-0.15, -0.1) is 0 Å². The highest BCUT2D eigenvalue weighted by atomic mass is 79.9. The first kappa shape index (κ1) is 23.3. The van der Waals surface area contributed by atoms with E-state index in [1.54, 1.807) is 14.0 Å². The summed E-state index contributed by atoms with van der Waals surface area (Å²) in [5, 5.41) is 0.682. The number of nitrogens with zero attached hydrogens (tertiary/aromatic N) is 2. The summed E-state index contributed by atoms with van der Waals surface area (Å²) in [6.07, 6.45) is 0. The van der Waals surface area contributed by atoms with Crippen LogP contribution in [0.1, 0.15) is 28.6 Å². The lowest BCUT2D eigenvalue weighted by Crippen LogP contribution is -2.45. The van der Waals surface area contributed by atoms with Crippen LogP contribution >= 0.6 is 31.9 Å². The highest BCUT2D eigenvalue weighted by molar-refractivity contribution is 9.11. The molecule has 2 aromatic carbocycles. The first-order chi connectivity index (χ1) is 15.5. The molecule has 1 aliphatic rings. The Hall–Kier alpha value is -1.87. The van der Waals surface area contributed by atoms with Gasteiger partial charge in [-0.05, 0) is 50.4 Å². The number of benzene rings is 2. The molecule has 0 saturated carbocycles. The molecule has 0 amide bonds. The number of esters is 1. The van der Waals surface area contributed by atoms with Crippen LogP contribution in [0.3, 0.4) is 0 Å². The third kappa shape index (κ3) is 4.88. The van der Waals surface area contributed by atoms with Gasteiger partial charge in [-0.3, -0.25) is 9.80 Å². The van der Waals surface area contributed by atoms with Gasteiger partial charge in [0.1, 0.15) is 22.7 Å². The number of fused-ring (bicyclic) bond motifs is 1. The number of furan rings is 1. The Morgan fingerprint density at radius 1 is 1.06 bits per heavy atom. The largest absolute Gasteiger partial charge is 0.494 e. The van der Waals surface area contributed by atoms with E-state index in [2.05, 4.69) is 65.9 Å². The molecular formula is C24H26Br2N2O4. The zero-order valence-corrected chi connectivity index (χ0v) is 21.4. The molecule has 8 heteroatoms. The number of methoxy groups -OCH3 is 1. The van der Waals surface area contributed by atoms with Crippen LogP contribution in [0.4, 0.5) is 0 Å². The smallest absolute Gasteiger partial charge is 0.342 e. The number of carbonyl (C=O) groups excluding carboxylic acids is 1. The summed E-state index contributed by atoms with van der Waals surface area (Å²) in [6.45, 7) is 7.34. The molecule has 6 nitrogen and oxygen atoms in total.